The number of rotatable bonds is 4. The first-order chi connectivity index (χ1) is 11.1. The summed E-state index contributed by atoms with van der Waals surface area (Å²) in [4.78, 5) is 14.8. The summed E-state index contributed by atoms with van der Waals surface area (Å²) in [6.45, 7) is 1.82. The summed E-state index contributed by atoms with van der Waals surface area (Å²) < 4.78 is 13.7. The summed E-state index contributed by atoms with van der Waals surface area (Å²) >= 11 is 0. The Labute approximate surface area is 136 Å². The molecule has 0 aromatic heterocycles. The second-order valence-electron chi connectivity index (χ2n) is 6.15. The average Bonchev–Trinajstić information content (AvgIpc) is 2.97. The molecular weight excluding hydrogens is 291 g/mol. The monoisotopic (exact) mass is 312 g/mol. The average molecular weight is 312 g/mol. The third kappa shape index (κ3) is 3.59. The fraction of sp³-hybridized carbons (Fsp3) is 0.316. The van der Waals surface area contributed by atoms with Gasteiger partial charge in [0.2, 0.25) is 5.91 Å². The largest absolute Gasteiger partial charge is 0.352 e. The van der Waals surface area contributed by atoms with Crippen molar-refractivity contribution >= 4 is 5.91 Å². The van der Waals surface area contributed by atoms with Gasteiger partial charge in [0.1, 0.15) is 5.82 Å². The van der Waals surface area contributed by atoms with Gasteiger partial charge in [0.05, 0.1) is 5.92 Å². The molecule has 2 atom stereocenters. The summed E-state index contributed by atoms with van der Waals surface area (Å²) in [5, 5.41) is 2.90. The molecule has 2 aromatic carbocycles. The minimum atomic E-state index is -0.282. The maximum Gasteiger partial charge on any atom is 0.225 e. The van der Waals surface area contributed by atoms with E-state index in [-0.39, 0.29) is 30.1 Å². The van der Waals surface area contributed by atoms with E-state index in [9.17, 15) is 9.18 Å². The first-order valence-electron chi connectivity index (χ1n) is 7.90. The summed E-state index contributed by atoms with van der Waals surface area (Å²) in [7, 11) is 2.03. The Hall–Kier alpha value is -2.20. The summed E-state index contributed by atoms with van der Waals surface area (Å²) in [5.74, 6) is -0.210. The normalized spacial score (nSPS) is 21.3. The van der Waals surface area contributed by atoms with Gasteiger partial charge in [-0.05, 0) is 18.7 Å². The van der Waals surface area contributed by atoms with E-state index in [4.69, 9.17) is 0 Å². The van der Waals surface area contributed by atoms with Crippen molar-refractivity contribution in [1.82, 2.24) is 10.2 Å². The van der Waals surface area contributed by atoms with Gasteiger partial charge < -0.3 is 10.2 Å². The first kappa shape index (κ1) is 15.7. The number of likely N-dealkylation sites (N-methyl/N-ethyl adjacent to an activating group) is 1. The molecule has 1 saturated heterocycles. The highest BCUT2D eigenvalue weighted by molar-refractivity contribution is 5.80. The minimum Gasteiger partial charge on any atom is -0.352 e. The Kier molecular flexibility index (Phi) is 4.72. The third-order valence-electron chi connectivity index (χ3n) is 4.48. The lowest BCUT2D eigenvalue weighted by Crippen LogP contribution is -2.34. The second-order valence-corrected chi connectivity index (χ2v) is 6.15. The molecule has 3 rings (SSSR count). The maximum absolute atomic E-state index is 13.7. The second kappa shape index (κ2) is 6.92. The van der Waals surface area contributed by atoms with E-state index < -0.39 is 0 Å². The molecule has 0 aliphatic carbocycles. The molecule has 23 heavy (non-hydrogen) atoms. The molecule has 0 bridgehead atoms. The Balaban J connectivity index is 1.69. The van der Waals surface area contributed by atoms with E-state index in [0.717, 1.165) is 13.1 Å². The van der Waals surface area contributed by atoms with Crippen molar-refractivity contribution in [3.8, 4) is 0 Å². The van der Waals surface area contributed by atoms with Gasteiger partial charge in [-0.3, -0.25) is 4.79 Å². The Morgan fingerprint density at radius 2 is 1.83 bits per heavy atom. The van der Waals surface area contributed by atoms with E-state index >= 15 is 0 Å². The van der Waals surface area contributed by atoms with Crippen molar-refractivity contribution in [2.45, 2.75) is 12.5 Å². The fourth-order valence-corrected chi connectivity index (χ4v) is 3.26. The highest BCUT2D eigenvalue weighted by Crippen LogP contribution is 2.32. The van der Waals surface area contributed by atoms with Gasteiger partial charge in [-0.1, -0.05) is 48.5 Å². The van der Waals surface area contributed by atoms with E-state index in [1.807, 2.05) is 25.2 Å². The summed E-state index contributed by atoms with van der Waals surface area (Å²) in [5.41, 5.74) is 1.70. The number of halogens is 1. The Morgan fingerprint density at radius 3 is 2.57 bits per heavy atom. The predicted octanol–water partition coefficient (Wildman–Crippen LogP) is 2.79. The zero-order valence-corrected chi connectivity index (χ0v) is 13.2. The lowest BCUT2D eigenvalue weighted by molar-refractivity contribution is -0.125. The van der Waals surface area contributed by atoms with Crippen LogP contribution in [-0.2, 0) is 11.3 Å². The molecule has 1 fully saturated rings. The molecule has 0 saturated carbocycles. The van der Waals surface area contributed by atoms with Crippen LogP contribution in [0.2, 0.25) is 0 Å². The molecule has 4 heteroatoms. The number of amides is 1. The van der Waals surface area contributed by atoms with E-state index in [0.29, 0.717) is 5.56 Å². The number of benzene rings is 2. The van der Waals surface area contributed by atoms with Crippen LogP contribution >= 0.6 is 0 Å². The van der Waals surface area contributed by atoms with Crippen molar-refractivity contribution in [2.75, 3.05) is 20.1 Å². The Morgan fingerprint density at radius 1 is 1.13 bits per heavy atom. The molecule has 0 spiro atoms. The van der Waals surface area contributed by atoms with Crippen LogP contribution in [0.3, 0.4) is 0 Å². The molecule has 0 unspecified atom stereocenters. The van der Waals surface area contributed by atoms with Crippen LogP contribution in [0, 0.1) is 11.7 Å². The van der Waals surface area contributed by atoms with E-state index in [2.05, 4.69) is 22.3 Å². The van der Waals surface area contributed by atoms with Crippen molar-refractivity contribution < 1.29 is 9.18 Å². The van der Waals surface area contributed by atoms with Gasteiger partial charge in [-0.2, -0.15) is 0 Å². The van der Waals surface area contributed by atoms with Crippen LogP contribution in [0.15, 0.2) is 54.6 Å². The highest BCUT2D eigenvalue weighted by atomic mass is 19.1. The molecule has 120 valence electrons. The van der Waals surface area contributed by atoms with Crippen LogP contribution in [-0.4, -0.2) is 30.9 Å². The summed E-state index contributed by atoms with van der Waals surface area (Å²) in [6.07, 6.45) is 0. The Bertz CT molecular complexity index is 674. The lowest BCUT2D eigenvalue weighted by atomic mass is 9.88. The van der Waals surface area contributed by atoms with Crippen LogP contribution in [0.4, 0.5) is 4.39 Å². The van der Waals surface area contributed by atoms with Gasteiger partial charge >= 0.3 is 0 Å². The van der Waals surface area contributed by atoms with Gasteiger partial charge in [0.25, 0.3) is 0 Å². The summed E-state index contributed by atoms with van der Waals surface area (Å²) in [6, 6.07) is 16.7. The zero-order valence-electron chi connectivity index (χ0n) is 13.2. The molecule has 1 aliphatic heterocycles. The third-order valence-corrected chi connectivity index (χ3v) is 4.48. The van der Waals surface area contributed by atoms with E-state index in [1.165, 1.54) is 11.6 Å². The number of carbonyl (C=O) groups is 1. The van der Waals surface area contributed by atoms with Crippen molar-refractivity contribution in [2.24, 2.45) is 5.92 Å². The van der Waals surface area contributed by atoms with Gasteiger partial charge in [0, 0.05) is 31.1 Å². The molecule has 1 N–H and O–H groups in total. The molecule has 2 aromatic rings. The van der Waals surface area contributed by atoms with Gasteiger partial charge in [0.15, 0.2) is 0 Å². The van der Waals surface area contributed by atoms with Crippen molar-refractivity contribution in [3.63, 3.8) is 0 Å². The quantitative estimate of drug-likeness (QED) is 0.941. The number of likely N-dealkylation sites (tertiary alicyclic amines) is 1. The van der Waals surface area contributed by atoms with Gasteiger partial charge in [-0.15, -0.1) is 0 Å². The number of carbonyl (C=O) groups excluding carboxylic acids is 1. The van der Waals surface area contributed by atoms with Crippen LogP contribution < -0.4 is 5.32 Å². The zero-order chi connectivity index (χ0) is 16.2. The van der Waals surface area contributed by atoms with E-state index in [1.54, 1.807) is 18.2 Å². The molecule has 1 aliphatic rings. The number of nitrogens with zero attached hydrogens (tertiary/aromatic N) is 1. The minimum absolute atomic E-state index is 0.00791. The van der Waals surface area contributed by atoms with Crippen molar-refractivity contribution in [3.05, 3.63) is 71.5 Å². The smallest absolute Gasteiger partial charge is 0.225 e. The number of hydrogen-bond acceptors (Lipinski definition) is 2. The fourth-order valence-electron chi connectivity index (χ4n) is 3.26. The maximum atomic E-state index is 13.7. The number of hydrogen-bond donors (Lipinski definition) is 1. The van der Waals surface area contributed by atoms with Crippen LogP contribution in [0.1, 0.15) is 17.0 Å². The van der Waals surface area contributed by atoms with Gasteiger partial charge in [-0.25, -0.2) is 4.39 Å². The topological polar surface area (TPSA) is 32.3 Å². The molecule has 3 nitrogen and oxygen atoms in total. The molecule has 1 heterocycles. The lowest BCUT2D eigenvalue weighted by Gasteiger charge is -2.18. The highest BCUT2D eigenvalue weighted by Gasteiger charge is 2.36. The molecular formula is C19H21FN2O. The first-order valence-corrected chi connectivity index (χ1v) is 7.90. The molecule has 1 amide bonds. The van der Waals surface area contributed by atoms with Crippen LogP contribution in [0.25, 0.3) is 0 Å². The standard InChI is InChI=1S/C19H21FN2O/c1-22-12-16(14-7-3-2-4-8-14)17(13-22)19(23)21-11-15-9-5-6-10-18(15)20/h2-10,16-17H,11-13H2,1H3,(H,21,23)/t16-,17-/m1/s1. The number of nitrogens with one attached hydrogen (secondary N) is 1. The predicted molar refractivity (Wildman–Crippen MR) is 88.4 cm³/mol. The SMILES string of the molecule is CN1C[C@H](c2ccccc2)[C@H](C(=O)NCc2ccccc2F)C1. The van der Waals surface area contributed by atoms with Crippen LogP contribution in [0.5, 0.6) is 0 Å². The van der Waals surface area contributed by atoms with Crippen molar-refractivity contribution in [1.29, 1.82) is 0 Å². The molecule has 0 radical (unpaired) electrons.